The second-order valence-corrected chi connectivity index (χ2v) is 4.00. The molecule has 0 rings (SSSR count). The van der Waals surface area contributed by atoms with Crippen LogP contribution in [-0.2, 0) is 4.74 Å². The zero-order valence-corrected chi connectivity index (χ0v) is 10.7. The van der Waals surface area contributed by atoms with Crippen LogP contribution in [0.5, 0.6) is 0 Å². The van der Waals surface area contributed by atoms with Gasteiger partial charge in [0.25, 0.3) is 0 Å². The molecule has 0 amide bonds. The Morgan fingerprint density at radius 3 is 2.33 bits per heavy atom. The van der Waals surface area contributed by atoms with E-state index in [9.17, 15) is 0 Å². The summed E-state index contributed by atoms with van der Waals surface area (Å²) in [4.78, 5) is 0. The number of rotatable bonds is 11. The topological polar surface area (TPSA) is 24.5 Å². The zero-order chi connectivity index (χ0) is 11.4. The van der Waals surface area contributed by atoms with E-state index in [1.54, 1.807) is 0 Å². The molecule has 0 aliphatic carbocycles. The average molecular weight is 216 g/mol. The van der Waals surface area contributed by atoms with Crippen LogP contribution in [0.2, 0.25) is 0 Å². The summed E-state index contributed by atoms with van der Waals surface area (Å²) >= 11 is 0. The van der Waals surface area contributed by atoms with E-state index in [1.807, 2.05) is 0 Å². The third-order valence-electron chi connectivity index (χ3n) is 2.34. The Morgan fingerprint density at radius 1 is 1.00 bits per heavy atom. The standard InChI is InChI=1S/C12H28N2O/c1-4-6-10-14(3)13-9-8-12-15-11-7-5-2/h13H,4-12H2,1-3H3. The average Bonchev–Trinajstić information content (AvgIpc) is 2.25. The molecule has 0 unspecified atom stereocenters. The Hall–Kier alpha value is -0.120. The van der Waals surface area contributed by atoms with E-state index in [0.717, 1.165) is 32.7 Å². The largest absolute Gasteiger partial charge is 0.381 e. The van der Waals surface area contributed by atoms with Gasteiger partial charge in [-0.2, -0.15) is 0 Å². The molecule has 0 saturated heterocycles. The highest BCUT2D eigenvalue weighted by atomic mass is 16.5. The van der Waals surface area contributed by atoms with E-state index in [-0.39, 0.29) is 0 Å². The van der Waals surface area contributed by atoms with Crippen molar-refractivity contribution in [2.75, 3.05) is 33.4 Å². The van der Waals surface area contributed by atoms with Gasteiger partial charge in [0.1, 0.15) is 0 Å². The van der Waals surface area contributed by atoms with Crippen molar-refractivity contribution >= 4 is 0 Å². The minimum Gasteiger partial charge on any atom is -0.381 e. The number of unbranched alkanes of at least 4 members (excludes halogenated alkanes) is 2. The van der Waals surface area contributed by atoms with Gasteiger partial charge in [0.2, 0.25) is 0 Å². The van der Waals surface area contributed by atoms with E-state index in [0.29, 0.717) is 0 Å². The van der Waals surface area contributed by atoms with Crippen molar-refractivity contribution in [3.63, 3.8) is 0 Å². The number of nitrogens with zero attached hydrogens (tertiary/aromatic N) is 1. The van der Waals surface area contributed by atoms with Gasteiger partial charge >= 0.3 is 0 Å². The van der Waals surface area contributed by atoms with Gasteiger partial charge in [-0.15, -0.1) is 0 Å². The normalized spacial score (nSPS) is 11.2. The monoisotopic (exact) mass is 216 g/mol. The number of hydrogen-bond donors (Lipinski definition) is 1. The van der Waals surface area contributed by atoms with Gasteiger partial charge < -0.3 is 4.74 Å². The van der Waals surface area contributed by atoms with E-state index in [1.165, 1.54) is 25.7 Å². The maximum absolute atomic E-state index is 5.48. The van der Waals surface area contributed by atoms with Crippen molar-refractivity contribution in [3.8, 4) is 0 Å². The van der Waals surface area contributed by atoms with Crippen molar-refractivity contribution in [3.05, 3.63) is 0 Å². The molecule has 0 fully saturated rings. The number of hydrazine groups is 1. The molecule has 0 radical (unpaired) electrons. The molecule has 0 aromatic heterocycles. The summed E-state index contributed by atoms with van der Waals surface area (Å²) in [6.45, 7) is 8.36. The molecule has 0 atom stereocenters. The zero-order valence-electron chi connectivity index (χ0n) is 10.7. The smallest absolute Gasteiger partial charge is 0.0478 e. The lowest BCUT2D eigenvalue weighted by molar-refractivity contribution is 0.122. The second-order valence-electron chi connectivity index (χ2n) is 4.00. The van der Waals surface area contributed by atoms with Crippen LogP contribution in [0.4, 0.5) is 0 Å². The molecule has 0 spiro atoms. The first kappa shape index (κ1) is 14.9. The molecule has 92 valence electrons. The van der Waals surface area contributed by atoms with E-state index >= 15 is 0 Å². The molecule has 0 aliphatic rings. The summed E-state index contributed by atoms with van der Waals surface area (Å²) in [5, 5.41) is 2.18. The van der Waals surface area contributed by atoms with Gasteiger partial charge in [-0.3, -0.25) is 5.43 Å². The maximum atomic E-state index is 5.48. The third-order valence-corrected chi connectivity index (χ3v) is 2.34. The first-order valence-electron chi connectivity index (χ1n) is 6.33. The highest BCUT2D eigenvalue weighted by Crippen LogP contribution is 1.90. The Bertz CT molecular complexity index is 120. The van der Waals surface area contributed by atoms with Crippen LogP contribution in [0, 0.1) is 0 Å². The molecular weight excluding hydrogens is 188 g/mol. The predicted molar refractivity (Wildman–Crippen MR) is 65.9 cm³/mol. The van der Waals surface area contributed by atoms with Crippen molar-refractivity contribution < 1.29 is 4.74 Å². The fourth-order valence-electron chi connectivity index (χ4n) is 1.27. The van der Waals surface area contributed by atoms with Gasteiger partial charge in [-0.25, -0.2) is 5.01 Å². The number of nitrogens with one attached hydrogen (secondary N) is 1. The second kappa shape index (κ2) is 12.0. The highest BCUT2D eigenvalue weighted by Gasteiger charge is 1.95. The summed E-state index contributed by atoms with van der Waals surface area (Å²) in [5.74, 6) is 0. The Balaban J connectivity index is 3.02. The summed E-state index contributed by atoms with van der Waals surface area (Å²) in [6, 6.07) is 0. The van der Waals surface area contributed by atoms with E-state index in [4.69, 9.17) is 4.74 Å². The summed E-state index contributed by atoms with van der Waals surface area (Å²) < 4.78 is 5.48. The molecule has 0 heterocycles. The Kier molecular flexibility index (Phi) is 11.9. The van der Waals surface area contributed by atoms with Crippen molar-refractivity contribution in [1.29, 1.82) is 0 Å². The molecule has 0 aromatic carbocycles. The fraction of sp³-hybridized carbons (Fsp3) is 1.00. The van der Waals surface area contributed by atoms with Crippen LogP contribution < -0.4 is 5.43 Å². The molecule has 0 aliphatic heterocycles. The summed E-state index contributed by atoms with van der Waals surface area (Å²) in [6.07, 6.45) is 6.02. The molecule has 3 nitrogen and oxygen atoms in total. The van der Waals surface area contributed by atoms with Crippen LogP contribution in [0.3, 0.4) is 0 Å². The molecule has 0 bridgehead atoms. The summed E-state index contributed by atoms with van der Waals surface area (Å²) in [5.41, 5.74) is 3.36. The third kappa shape index (κ3) is 11.8. The van der Waals surface area contributed by atoms with Gasteiger partial charge in [-0.1, -0.05) is 26.7 Å². The van der Waals surface area contributed by atoms with Gasteiger partial charge in [-0.05, 0) is 19.3 Å². The fourth-order valence-corrected chi connectivity index (χ4v) is 1.27. The Morgan fingerprint density at radius 2 is 1.67 bits per heavy atom. The maximum Gasteiger partial charge on any atom is 0.0478 e. The van der Waals surface area contributed by atoms with E-state index < -0.39 is 0 Å². The minimum absolute atomic E-state index is 0.884. The lowest BCUT2D eigenvalue weighted by Crippen LogP contribution is -2.36. The lowest BCUT2D eigenvalue weighted by atomic mass is 10.3. The SMILES string of the molecule is CCCCOCCCNN(C)CCCC. The Labute approximate surface area is 95.1 Å². The van der Waals surface area contributed by atoms with E-state index in [2.05, 4.69) is 31.3 Å². The van der Waals surface area contributed by atoms with Crippen LogP contribution in [0.25, 0.3) is 0 Å². The molecule has 0 aromatic rings. The first-order chi connectivity index (χ1) is 7.31. The number of hydrogen-bond acceptors (Lipinski definition) is 3. The molecule has 0 saturated carbocycles. The molecular formula is C12H28N2O. The molecule has 1 N–H and O–H groups in total. The first-order valence-corrected chi connectivity index (χ1v) is 6.33. The van der Waals surface area contributed by atoms with Crippen LogP contribution in [0.1, 0.15) is 46.0 Å². The molecule has 3 heteroatoms. The highest BCUT2D eigenvalue weighted by molar-refractivity contribution is 4.46. The van der Waals surface area contributed by atoms with Crippen molar-refractivity contribution in [2.45, 2.75) is 46.0 Å². The van der Waals surface area contributed by atoms with Crippen molar-refractivity contribution in [2.24, 2.45) is 0 Å². The molecule has 15 heavy (non-hydrogen) atoms. The van der Waals surface area contributed by atoms with Crippen LogP contribution >= 0.6 is 0 Å². The summed E-state index contributed by atoms with van der Waals surface area (Å²) in [7, 11) is 2.10. The van der Waals surface area contributed by atoms with Crippen molar-refractivity contribution in [1.82, 2.24) is 10.4 Å². The van der Waals surface area contributed by atoms with Crippen LogP contribution in [-0.4, -0.2) is 38.4 Å². The number of ether oxygens (including phenoxy) is 1. The predicted octanol–water partition coefficient (Wildman–Crippen LogP) is 2.43. The van der Waals surface area contributed by atoms with Crippen LogP contribution in [0.15, 0.2) is 0 Å². The van der Waals surface area contributed by atoms with Gasteiger partial charge in [0.05, 0.1) is 0 Å². The van der Waals surface area contributed by atoms with Gasteiger partial charge in [0.15, 0.2) is 0 Å². The minimum atomic E-state index is 0.884. The quantitative estimate of drug-likeness (QED) is 0.424. The lowest BCUT2D eigenvalue weighted by Gasteiger charge is -2.17. The van der Waals surface area contributed by atoms with Gasteiger partial charge in [0, 0.05) is 33.4 Å².